The van der Waals surface area contributed by atoms with Crippen LogP contribution in [-0.2, 0) is 16.0 Å². The topological polar surface area (TPSA) is 57.6 Å². The van der Waals surface area contributed by atoms with Gasteiger partial charge in [0.05, 0.1) is 6.42 Å². The second-order valence-corrected chi connectivity index (χ2v) is 5.24. The molecule has 1 aromatic rings. The number of carboxylic acid groups (broad SMARTS) is 1. The number of halogens is 1. The smallest absolute Gasteiger partial charge is 0.323 e. The summed E-state index contributed by atoms with van der Waals surface area (Å²) in [6, 6.07) is 7.08. The lowest BCUT2D eigenvalue weighted by Crippen LogP contribution is -2.39. The number of carboxylic acids is 1. The van der Waals surface area contributed by atoms with E-state index in [2.05, 4.69) is 0 Å². The van der Waals surface area contributed by atoms with E-state index in [-0.39, 0.29) is 24.8 Å². The maximum absolute atomic E-state index is 12.1. The summed E-state index contributed by atoms with van der Waals surface area (Å²) in [5, 5.41) is 9.37. The molecule has 104 valence electrons. The van der Waals surface area contributed by atoms with Gasteiger partial charge in [-0.15, -0.1) is 0 Å². The highest BCUT2D eigenvalue weighted by Gasteiger charge is 2.18. The fraction of sp³-hybridized carbons (Fsp3) is 0.429. The second-order valence-electron chi connectivity index (χ2n) is 4.83. The summed E-state index contributed by atoms with van der Waals surface area (Å²) >= 11 is 6.00. The Balaban J connectivity index is 2.76. The molecule has 0 saturated heterocycles. The Labute approximate surface area is 118 Å². The van der Waals surface area contributed by atoms with Crippen LogP contribution in [0.3, 0.4) is 0 Å². The van der Waals surface area contributed by atoms with Gasteiger partial charge in [0, 0.05) is 11.6 Å². The third-order valence-electron chi connectivity index (χ3n) is 2.56. The summed E-state index contributed by atoms with van der Waals surface area (Å²) < 4.78 is 0. The van der Waals surface area contributed by atoms with Gasteiger partial charge in [0.1, 0.15) is 6.54 Å². The van der Waals surface area contributed by atoms with Gasteiger partial charge in [0.15, 0.2) is 0 Å². The van der Waals surface area contributed by atoms with Crippen LogP contribution in [0.25, 0.3) is 0 Å². The van der Waals surface area contributed by atoms with Gasteiger partial charge in [-0.05, 0) is 17.5 Å². The Bertz CT molecular complexity index is 460. The van der Waals surface area contributed by atoms with E-state index < -0.39 is 5.97 Å². The summed E-state index contributed by atoms with van der Waals surface area (Å²) in [6.45, 7) is 4.03. The number of hydrogen-bond acceptors (Lipinski definition) is 2. The molecule has 0 aromatic heterocycles. The third kappa shape index (κ3) is 5.30. The van der Waals surface area contributed by atoms with Gasteiger partial charge in [-0.1, -0.05) is 43.6 Å². The first kappa shape index (κ1) is 15.5. The molecule has 1 amide bonds. The van der Waals surface area contributed by atoms with Gasteiger partial charge in [0.2, 0.25) is 5.91 Å². The fourth-order valence-electron chi connectivity index (χ4n) is 1.78. The zero-order valence-corrected chi connectivity index (χ0v) is 11.9. The summed E-state index contributed by atoms with van der Waals surface area (Å²) in [5.41, 5.74) is 0.716. The van der Waals surface area contributed by atoms with Crippen molar-refractivity contribution in [3.05, 3.63) is 34.9 Å². The molecule has 0 aliphatic carbocycles. The van der Waals surface area contributed by atoms with Crippen molar-refractivity contribution in [2.75, 3.05) is 13.1 Å². The fourth-order valence-corrected chi connectivity index (χ4v) is 1.98. The van der Waals surface area contributed by atoms with E-state index in [0.717, 1.165) is 0 Å². The number of rotatable bonds is 6. The maximum atomic E-state index is 12.1. The predicted octanol–water partition coefficient (Wildman–Crippen LogP) is 2.45. The van der Waals surface area contributed by atoms with Crippen LogP contribution < -0.4 is 0 Å². The minimum Gasteiger partial charge on any atom is -0.480 e. The molecule has 1 aromatic carbocycles. The average molecular weight is 284 g/mol. The zero-order chi connectivity index (χ0) is 14.4. The lowest BCUT2D eigenvalue weighted by Gasteiger charge is -2.23. The molecule has 5 heteroatoms. The summed E-state index contributed by atoms with van der Waals surface area (Å²) in [6.07, 6.45) is 0.125. The van der Waals surface area contributed by atoms with Crippen molar-refractivity contribution < 1.29 is 14.7 Å². The van der Waals surface area contributed by atoms with E-state index in [1.165, 1.54) is 4.90 Å². The molecule has 19 heavy (non-hydrogen) atoms. The van der Waals surface area contributed by atoms with Crippen molar-refractivity contribution in [1.82, 2.24) is 4.90 Å². The van der Waals surface area contributed by atoms with Crippen LogP contribution in [0.1, 0.15) is 19.4 Å². The Morgan fingerprint density at radius 3 is 2.47 bits per heavy atom. The third-order valence-corrected chi connectivity index (χ3v) is 2.93. The molecule has 0 atom stereocenters. The number of nitrogens with zero attached hydrogens (tertiary/aromatic N) is 1. The first-order valence-electron chi connectivity index (χ1n) is 6.13. The van der Waals surface area contributed by atoms with Crippen molar-refractivity contribution in [2.24, 2.45) is 5.92 Å². The molecule has 0 bridgehead atoms. The van der Waals surface area contributed by atoms with E-state index in [4.69, 9.17) is 16.7 Å². The molecule has 0 spiro atoms. The van der Waals surface area contributed by atoms with Crippen molar-refractivity contribution in [1.29, 1.82) is 0 Å². The van der Waals surface area contributed by atoms with Crippen LogP contribution >= 0.6 is 11.6 Å². The zero-order valence-electron chi connectivity index (χ0n) is 11.1. The monoisotopic (exact) mass is 283 g/mol. The standard InChI is InChI=1S/C14H18ClNO3/c1-10(2)8-16(9-14(18)19)13(17)7-11-5-3-4-6-12(11)15/h3-6,10H,7-9H2,1-2H3,(H,18,19). The van der Waals surface area contributed by atoms with Crippen molar-refractivity contribution >= 4 is 23.5 Å². The Kier molecular flexibility index (Phi) is 5.83. The first-order valence-corrected chi connectivity index (χ1v) is 6.51. The number of carbonyl (C=O) groups excluding carboxylic acids is 1. The molecular weight excluding hydrogens is 266 g/mol. The van der Waals surface area contributed by atoms with Crippen LogP contribution in [0.5, 0.6) is 0 Å². The molecule has 0 unspecified atom stereocenters. The van der Waals surface area contributed by atoms with Crippen molar-refractivity contribution in [3.63, 3.8) is 0 Å². The van der Waals surface area contributed by atoms with Gasteiger partial charge in [-0.2, -0.15) is 0 Å². The molecule has 0 fully saturated rings. The van der Waals surface area contributed by atoms with Crippen LogP contribution in [0.2, 0.25) is 5.02 Å². The second kappa shape index (κ2) is 7.14. The molecule has 1 N–H and O–H groups in total. The summed E-state index contributed by atoms with van der Waals surface area (Å²) in [4.78, 5) is 24.3. The number of aliphatic carboxylic acids is 1. The SMILES string of the molecule is CC(C)CN(CC(=O)O)C(=O)Cc1ccccc1Cl. The Morgan fingerprint density at radius 2 is 1.95 bits per heavy atom. The molecule has 0 aliphatic heterocycles. The molecule has 4 nitrogen and oxygen atoms in total. The average Bonchev–Trinajstić information content (AvgIpc) is 2.30. The highest BCUT2D eigenvalue weighted by Crippen LogP contribution is 2.16. The molecule has 0 radical (unpaired) electrons. The molecule has 0 aliphatic rings. The van der Waals surface area contributed by atoms with Crippen molar-refractivity contribution in [2.45, 2.75) is 20.3 Å². The summed E-state index contributed by atoms with van der Waals surface area (Å²) in [7, 11) is 0. The highest BCUT2D eigenvalue weighted by molar-refractivity contribution is 6.31. The van der Waals surface area contributed by atoms with E-state index in [1.54, 1.807) is 24.3 Å². The van der Waals surface area contributed by atoms with Gasteiger partial charge in [-0.25, -0.2) is 0 Å². The van der Waals surface area contributed by atoms with Gasteiger partial charge in [-0.3, -0.25) is 9.59 Å². The van der Waals surface area contributed by atoms with Crippen LogP contribution in [-0.4, -0.2) is 35.0 Å². The van der Waals surface area contributed by atoms with Gasteiger partial charge >= 0.3 is 5.97 Å². The minimum absolute atomic E-state index is 0.125. The normalized spacial score (nSPS) is 10.5. The first-order chi connectivity index (χ1) is 8.90. The number of carbonyl (C=O) groups is 2. The quantitative estimate of drug-likeness (QED) is 0.872. The molecule has 0 heterocycles. The summed E-state index contributed by atoms with van der Waals surface area (Å²) in [5.74, 6) is -1.01. The van der Waals surface area contributed by atoms with E-state index in [9.17, 15) is 9.59 Å². The predicted molar refractivity (Wildman–Crippen MR) is 74.2 cm³/mol. The van der Waals surface area contributed by atoms with Crippen LogP contribution in [0, 0.1) is 5.92 Å². The minimum atomic E-state index is -1.01. The lowest BCUT2D eigenvalue weighted by molar-refractivity contribution is -0.144. The van der Waals surface area contributed by atoms with Gasteiger partial charge in [0.25, 0.3) is 0 Å². The molecular formula is C14H18ClNO3. The van der Waals surface area contributed by atoms with E-state index in [1.807, 2.05) is 13.8 Å². The van der Waals surface area contributed by atoms with E-state index in [0.29, 0.717) is 17.1 Å². The number of hydrogen-bond donors (Lipinski definition) is 1. The largest absolute Gasteiger partial charge is 0.480 e. The highest BCUT2D eigenvalue weighted by atomic mass is 35.5. The van der Waals surface area contributed by atoms with Crippen LogP contribution in [0.15, 0.2) is 24.3 Å². The lowest BCUT2D eigenvalue weighted by atomic mass is 10.1. The molecule has 1 rings (SSSR count). The van der Waals surface area contributed by atoms with E-state index >= 15 is 0 Å². The van der Waals surface area contributed by atoms with Gasteiger partial charge < -0.3 is 10.0 Å². The Morgan fingerprint density at radius 1 is 1.32 bits per heavy atom. The van der Waals surface area contributed by atoms with Crippen LogP contribution in [0.4, 0.5) is 0 Å². The van der Waals surface area contributed by atoms with Crippen molar-refractivity contribution in [3.8, 4) is 0 Å². The number of benzene rings is 1. The Hall–Kier alpha value is -1.55. The molecule has 0 saturated carbocycles. The number of amides is 1. The maximum Gasteiger partial charge on any atom is 0.323 e.